The molecular weight excluding hydrogens is 262 g/mol. The fourth-order valence-corrected chi connectivity index (χ4v) is 3.24. The molecular formula is C13H21N3O2S. The largest absolute Gasteiger partial charge is 0.386 e. The molecule has 5 nitrogen and oxygen atoms in total. The van der Waals surface area contributed by atoms with Gasteiger partial charge in [0.2, 0.25) is 0 Å². The van der Waals surface area contributed by atoms with Crippen molar-refractivity contribution >= 4 is 17.4 Å². The van der Waals surface area contributed by atoms with Crippen LogP contribution in [0.5, 0.6) is 0 Å². The van der Waals surface area contributed by atoms with Crippen molar-refractivity contribution in [3.63, 3.8) is 0 Å². The molecule has 6 heteroatoms. The summed E-state index contributed by atoms with van der Waals surface area (Å²) in [5.74, 6) is -0.0549. The average Bonchev–Trinajstić information content (AvgIpc) is 2.73. The lowest BCUT2D eigenvalue weighted by molar-refractivity contribution is -0.0859. The zero-order chi connectivity index (χ0) is 14.3. The van der Waals surface area contributed by atoms with Gasteiger partial charge in [0.15, 0.2) is 0 Å². The molecule has 106 valence electrons. The lowest BCUT2D eigenvalue weighted by atomic mass is 9.88. The van der Waals surface area contributed by atoms with Crippen LogP contribution >= 0.6 is 11.5 Å². The van der Waals surface area contributed by atoms with Crippen molar-refractivity contribution < 1.29 is 9.90 Å². The Morgan fingerprint density at radius 3 is 2.63 bits per heavy atom. The van der Waals surface area contributed by atoms with Crippen LogP contribution in [-0.4, -0.2) is 44.2 Å². The molecule has 0 aromatic carbocycles. The van der Waals surface area contributed by atoms with Gasteiger partial charge < -0.3 is 10.0 Å². The van der Waals surface area contributed by atoms with Crippen molar-refractivity contribution in [3.8, 4) is 0 Å². The van der Waals surface area contributed by atoms with E-state index < -0.39 is 5.60 Å². The molecule has 0 bridgehead atoms. The van der Waals surface area contributed by atoms with Crippen molar-refractivity contribution in [3.05, 3.63) is 10.6 Å². The standard InChI is InChI=1S/C13H21N3O2S/c1-5-6-13(18)7-16(8-13)11(17)9-10(12(2,3)4)14-15-19-9/h18H,5-8H2,1-4H3. The Labute approximate surface area is 117 Å². The summed E-state index contributed by atoms with van der Waals surface area (Å²) in [7, 11) is 0. The molecule has 0 aliphatic carbocycles. The number of carbonyl (C=O) groups is 1. The summed E-state index contributed by atoms with van der Waals surface area (Å²) in [6.07, 6.45) is 1.66. The van der Waals surface area contributed by atoms with Gasteiger partial charge in [0, 0.05) is 5.41 Å². The summed E-state index contributed by atoms with van der Waals surface area (Å²) in [6, 6.07) is 0. The van der Waals surface area contributed by atoms with Crippen molar-refractivity contribution in [2.75, 3.05) is 13.1 Å². The number of aliphatic hydroxyl groups is 1. The molecule has 1 aromatic rings. The maximum absolute atomic E-state index is 12.4. The highest BCUT2D eigenvalue weighted by atomic mass is 32.1. The van der Waals surface area contributed by atoms with Gasteiger partial charge in [-0.2, -0.15) is 0 Å². The number of aromatic nitrogens is 2. The minimum absolute atomic E-state index is 0.0549. The van der Waals surface area contributed by atoms with Crippen LogP contribution in [0.1, 0.15) is 55.9 Å². The highest BCUT2D eigenvalue weighted by Crippen LogP contribution is 2.31. The highest BCUT2D eigenvalue weighted by Gasteiger charge is 2.44. The van der Waals surface area contributed by atoms with Gasteiger partial charge in [0.25, 0.3) is 5.91 Å². The van der Waals surface area contributed by atoms with E-state index in [-0.39, 0.29) is 11.3 Å². The van der Waals surface area contributed by atoms with Gasteiger partial charge in [-0.25, -0.2) is 0 Å². The third-order valence-electron chi connectivity index (χ3n) is 3.37. The predicted octanol–water partition coefficient (Wildman–Crippen LogP) is 1.82. The Hall–Kier alpha value is -1.01. The number of likely N-dealkylation sites (tertiary alicyclic amines) is 1. The Morgan fingerprint density at radius 2 is 2.11 bits per heavy atom. The second-order valence-electron chi connectivity index (χ2n) is 6.34. The Morgan fingerprint density at radius 1 is 1.47 bits per heavy atom. The Balaban J connectivity index is 2.09. The molecule has 1 aliphatic heterocycles. The first-order valence-electron chi connectivity index (χ1n) is 6.61. The Bertz CT molecular complexity index is 472. The molecule has 0 unspecified atom stereocenters. The molecule has 0 spiro atoms. The second-order valence-corrected chi connectivity index (χ2v) is 7.09. The number of nitrogens with zero attached hydrogens (tertiary/aromatic N) is 3. The first kappa shape index (κ1) is 14.4. The third-order valence-corrected chi connectivity index (χ3v) is 4.08. The van der Waals surface area contributed by atoms with Crippen molar-refractivity contribution in [2.45, 2.75) is 51.6 Å². The van der Waals surface area contributed by atoms with Gasteiger partial charge in [0.05, 0.1) is 24.4 Å². The molecule has 0 radical (unpaired) electrons. The van der Waals surface area contributed by atoms with E-state index in [9.17, 15) is 9.90 Å². The molecule has 0 saturated carbocycles. The van der Waals surface area contributed by atoms with Gasteiger partial charge in [-0.1, -0.05) is 38.6 Å². The number of amides is 1. The van der Waals surface area contributed by atoms with Crippen LogP contribution in [0, 0.1) is 0 Å². The van der Waals surface area contributed by atoms with Crippen molar-refractivity contribution in [1.82, 2.24) is 14.5 Å². The lowest BCUT2D eigenvalue weighted by Gasteiger charge is -2.46. The first-order valence-corrected chi connectivity index (χ1v) is 7.39. The number of hydrogen-bond donors (Lipinski definition) is 1. The van der Waals surface area contributed by atoms with E-state index in [1.807, 2.05) is 27.7 Å². The summed E-state index contributed by atoms with van der Waals surface area (Å²) < 4.78 is 3.90. The van der Waals surface area contributed by atoms with Gasteiger partial charge in [0.1, 0.15) is 4.88 Å². The molecule has 1 saturated heterocycles. The average molecular weight is 283 g/mol. The van der Waals surface area contributed by atoms with Crippen LogP contribution in [0.4, 0.5) is 0 Å². The van der Waals surface area contributed by atoms with Crippen molar-refractivity contribution in [1.29, 1.82) is 0 Å². The molecule has 2 rings (SSSR count). The van der Waals surface area contributed by atoms with E-state index in [4.69, 9.17) is 0 Å². The van der Waals surface area contributed by atoms with Crippen LogP contribution in [0.15, 0.2) is 0 Å². The third kappa shape index (κ3) is 2.79. The van der Waals surface area contributed by atoms with E-state index >= 15 is 0 Å². The topological polar surface area (TPSA) is 66.3 Å². The van der Waals surface area contributed by atoms with Crippen LogP contribution in [0.2, 0.25) is 0 Å². The van der Waals surface area contributed by atoms with E-state index in [0.717, 1.165) is 30.1 Å². The first-order chi connectivity index (χ1) is 8.77. The van der Waals surface area contributed by atoms with Gasteiger partial charge in [-0.15, -0.1) is 5.10 Å². The molecule has 1 aliphatic rings. The number of β-amino-alcohol motifs (C(OH)–C–C–N with tert-alkyl or cyclic N) is 1. The van der Waals surface area contributed by atoms with E-state index in [1.54, 1.807) is 4.90 Å². The van der Waals surface area contributed by atoms with Crippen LogP contribution < -0.4 is 0 Å². The summed E-state index contributed by atoms with van der Waals surface area (Å²) in [4.78, 5) is 14.7. The van der Waals surface area contributed by atoms with Crippen LogP contribution in [-0.2, 0) is 5.41 Å². The van der Waals surface area contributed by atoms with E-state index in [2.05, 4.69) is 9.59 Å². The molecule has 0 atom stereocenters. The maximum atomic E-state index is 12.4. The number of carbonyl (C=O) groups excluding carboxylic acids is 1. The molecule has 2 heterocycles. The monoisotopic (exact) mass is 283 g/mol. The smallest absolute Gasteiger partial charge is 0.267 e. The molecule has 19 heavy (non-hydrogen) atoms. The molecule has 1 fully saturated rings. The summed E-state index contributed by atoms with van der Waals surface area (Å²) in [5.41, 5.74) is -0.138. The lowest BCUT2D eigenvalue weighted by Crippen LogP contribution is -2.63. The number of rotatable bonds is 3. The predicted molar refractivity (Wildman–Crippen MR) is 74.4 cm³/mol. The SMILES string of the molecule is CCCC1(O)CN(C(=O)c2snnc2C(C)(C)C)C1. The van der Waals surface area contributed by atoms with E-state index in [0.29, 0.717) is 18.0 Å². The van der Waals surface area contributed by atoms with Gasteiger partial charge >= 0.3 is 0 Å². The normalized spacial score (nSPS) is 18.3. The quantitative estimate of drug-likeness (QED) is 0.919. The highest BCUT2D eigenvalue weighted by molar-refractivity contribution is 7.08. The maximum Gasteiger partial charge on any atom is 0.267 e. The van der Waals surface area contributed by atoms with Crippen LogP contribution in [0.3, 0.4) is 0 Å². The van der Waals surface area contributed by atoms with Gasteiger partial charge in [-0.3, -0.25) is 4.79 Å². The summed E-state index contributed by atoms with van der Waals surface area (Å²) >= 11 is 1.14. The van der Waals surface area contributed by atoms with Crippen LogP contribution in [0.25, 0.3) is 0 Å². The zero-order valence-corrected chi connectivity index (χ0v) is 12.8. The van der Waals surface area contributed by atoms with E-state index in [1.165, 1.54) is 0 Å². The molecule has 1 aromatic heterocycles. The number of hydrogen-bond acceptors (Lipinski definition) is 5. The molecule has 1 N–H and O–H groups in total. The zero-order valence-electron chi connectivity index (χ0n) is 11.9. The fraction of sp³-hybridized carbons (Fsp3) is 0.769. The van der Waals surface area contributed by atoms with Crippen molar-refractivity contribution in [2.24, 2.45) is 0 Å². The fourth-order valence-electron chi connectivity index (χ4n) is 2.40. The second kappa shape index (κ2) is 4.83. The Kier molecular flexibility index (Phi) is 3.66. The minimum Gasteiger partial charge on any atom is -0.386 e. The molecule has 1 amide bonds. The summed E-state index contributed by atoms with van der Waals surface area (Å²) in [6.45, 7) is 8.92. The van der Waals surface area contributed by atoms with Gasteiger partial charge in [-0.05, 0) is 18.0 Å². The minimum atomic E-state index is -0.690. The summed E-state index contributed by atoms with van der Waals surface area (Å²) in [5, 5.41) is 14.2.